The molecule has 22 heavy (non-hydrogen) atoms. The van der Waals surface area contributed by atoms with Crippen LogP contribution in [-0.2, 0) is 19.0 Å². The third kappa shape index (κ3) is 5.38. The first-order valence-corrected chi connectivity index (χ1v) is 9.55. The minimum Gasteiger partial charge on any atom is -0.367 e. The molecule has 0 radical (unpaired) electrons. The number of hydrogen-bond acceptors (Lipinski definition) is 4. The van der Waals surface area contributed by atoms with Crippen LogP contribution in [0.2, 0.25) is 0 Å². The van der Waals surface area contributed by atoms with Crippen molar-refractivity contribution < 1.29 is 17.3 Å². The Kier molecular flexibility index (Phi) is 6.41. The van der Waals surface area contributed by atoms with Crippen molar-refractivity contribution in [3.8, 4) is 0 Å². The van der Waals surface area contributed by atoms with Gasteiger partial charge in [0.1, 0.15) is 6.10 Å². The lowest BCUT2D eigenvalue weighted by molar-refractivity contribution is 0.262. The zero-order valence-corrected chi connectivity index (χ0v) is 14.3. The van der Waals surface area contributed by atoms with Gasteiger partial charge in [-0.1, -0.05) is 56.7 Å². The van der Waals surface area contributed by atoms with E-state index >= 15 is 0 Å². The van der Waals surface area contributed by atoms with Gasteiger partial charge in [-0.15, -0.1) is 0 Å². The second-order valence-corrected chi connectivity index (χ2v) is 7.58. The summed E-state index contributed by atoms with van der Waals surface area (Å²) in [7, 11) is -3.67. The van der Waals surface area contributed by atoms with Crippen LogP contribution in [0.5, 0.6) is 0 Å². The Hall–Kier alpha value is -0.910. The lowest BCUT2D eigenvalue weighted by atomic mass is 10.1. The van der Waals surface area contributed by atoms with Crippen molar-refractivity contribution in [2.75, 3.05) is 6.61 Å². The molecule has 0 aromatic heterocycles. The summed E-state index contributed by atoms with van der Waals surface area (Å²) in [6.07, 6.45) is 7.28. The maximum atomic E-state index is 12.0. The molecule has 124 valence electrons. The van der Waals surface area contributed by atoms with Gasteiger partial charge in [0.25, 0.3) is 10.1 Å². The number of rotatable bonds is 10. The molecule has 2 atom stereocenters. The minimum absolute atomic E-state index is 0.0635. The number of benzene rings is 1. The van der Waals surface area contributed by atoms with Crippen LogP contribution in [0.4, 0.5) is 0 Å². The SMILES string of the molecule is CCCCCCC[C@@H]1O[C@H]1COS(=O)(=O)c1ccc(C)cc1. The fourth-order valence-corrected chi connectivity index (χ4v) is 3.38. The van der Waals surface area contributed by atoms with Gasteiger partial charge in [0.2, 0.25) is 0 Å². The quantitative estimate of drug-likeness (QED) is 0.372. The van der Waals surface area contributed by atoms with E-state index in [0.29, 0.717) is 0 Å². The summed E-state index contributed by atoms with van der Waals surface area (Å²) in [5, 5.41) is 0. The van der Waals surface area contributed by atoms with Gasteiger partial charge in [-0.25, -0.2) is 0 Å². The zero-order valence-electron chi connectivity index (χ0n) is 13.5. The van der Waals surface area contributed by atoms with Crippen LogP contribution in [0.25, 0.3) is 0 Å². The van der Waals surface area contributed by atoms with E-state index in [-0.39, 0.29) is 23.7 Å². The molecule has 0 aliphatic carbocycles. The Balaban J connectivity index is 1.67. The summed E-state index contributed by atoms with van der Waals surface area (Å²) in [5.74, 6) is 0. The summed E-state index contributed by atoms with van der Waals surface area (Å²) < 4.78 is 34.7. The lowest BCUT2D eigenvalue weighted by Gasteiger charge is -2.04. The van der Waals surface area contributed by atoms with Gasteiger partial charge in [-0.3, -0.25) is 4.18 Å². The van der Waals surface area contributed by atoms with Crippen LogP contribution in [0, 0.1) is 6.92 Å². The van der Waals surface area contributed by atoms with Gasteiger partial charge in [-0.2, -0.15) is 8.42 Å². The number of aryl methyl sites for hydroxylation is 1. The predicted octanol–water partition coefficient (Wildman–Crippen LogP) is 3.83. The molecule has 1 aliphatic heterocycles. The average Bonchev–Trinajstić information content (AvgIpc) is 3.24. The third-order valence-corrected chi connectivity index (χ3v) is 5.27. The van der Waals surface area contributed by atoms with Gasteiger partial charge >= 0.3 is 0 Å². The summed E-state index contributed by atoms with van der Waals surface area (Å²) in [6, 6.07) is 6.68. The van der Waals surface area contributed by atoms with Gasteiger partial charge < -0.3 is 4.74 Å². The molecule has 1 heterocycles. The first-order valence-electron chi connectivity index (χ1n) is 8.14. The molecule has 0 amide bonds. The van der Waals surface area contributed by atoms with Crippen LogP contribution in [-0.4, -0.2) is 27.2 Å². The standard InChI is InChI=1S/C17H26O4S/c1-3-4-5-6-7-8-16-17(21-16)13-20-22(18,19)15-11-9-14(2)10-12-15/h9-12,16-17H,3-8,13H2,1-2H3/t16-,17-/m0/s1. The van der Waals surface area contributed by atoms with Crippen molar-refractivity contribution in [3.05, 3.63) is 29.8 Å². The number of epoxide rings is 1. The van der Waals surface area contributed by atoms with Crippen molar-refractivity contribution in [1.29, 1.82) is 0 Å². The molecule has 1 aliphatic rings. The monoisotopic (exact) mass is 326 g/mol. The molecule has 1 aromatic rings. The number of unbranched alkanes of at least 4 members (excludes halogenated alkanes) is 4. The Morgan fingerprint density at radius 3 is 2.41 bits per heavy atom. The molecule has 1 saturated heterocycles. The molecular formula is C17H26O4S. The minimum atomic E-state index is -3.67. The van der Waals surface area contributed by atoms with Crippen molar-refractivity contribution in [3.63, 3.8) is 0 Å². The second-order valence-electron chi connectivity index (χ2n) is 5.97. The van der Waals surface area contributed by atoms with Gasteiger partial charge in [0, 0.05) is 0 Å². The maximum Gasteiger partial charge on any atom is 0.297 e. The van der Waals surface area contributed by atoms with E-state index in [9.17, 15) is 8.42 Å². The maximum absolute atomic E-state index is 12.0. The van der Waals surface area contributed by atoms with E-state index in [1.165, 1.54) is 25.7 Å². The average molecular weight is 326 g/mol. The van der Waals surface area contributed by atoms with E-state index in [2.05, 4.69) is 6.92 Å². The van der Waals surface area contributed by atoms with Crippen LogP contribution in [0.3, 0.4) is 0 Å². The van der Waals surface area contributed by atoms with E-state index in [0.717, 1.165) is 18.4 Å². The predicted molar refractivity (Wildman–Crippen MR) is 86.4 cm³/mol. The molecule has 1 aromatic carbocycles. The van der Waals surface area contributed by atoms with Gasteiger partial charge in [0.15, 0.2) is 0 Å². The summed E-state index contributed by atoms with van der Waals surface area (Å²) in [5.41, 5.74) is 1.02. The normalized spacial score (nSPS) is 21.0. The molecular weight excluding hydrogens is 300 g/mol. The molecule has 0 unspecified atom stereocenters. The fourth-order valence-electron chi connectivity index (χ4n) is 2.46. The highest BCUT2D eigenvalue weighted by Gasteiger charge is 2.39. The molecule has 0 N–H and O–H groups in total. The van der Waals surface area contributed by atoms with Crippen molar-refractivity contribution >= 4 is 10.1 Å². The van der Waals surface area contributed by atoms with Crippen LogP contribution < -0.4 is 0 Å². The first-order chi connectivity index (χ1) is 10.5. The highest BCUT2D eigenvalue weighted by molar-refractivity contribution is 7.86. The fraction of sp³-hybridized carbons (Fsp3) is 0.647. The molecule has 4 nitrogen and oxygen atoms in total. The van der Waals surface area contributed by atoms with Crippen LogP contribution in [0.1, 0.15) is 51.0 Å². The summed E-state index contributed by atoms with van der Waals surface area (Å²) in [6.45, 7) is 4.24. The smallest absolute Gasteiger partial charge is 0.297 e. The van der Waals surface area contributed by atoms with Gasteiger partial charge in [-0.05, 0) is 25.5 Å². The molecule has 1 fully saturated rings. The van der Waals surface area contributed by atoms with Crippen molar-refractivity contribution in [2.24, 2.45) is 0 Å². The molecule has 2 rings (SSSR count). The van der Waals surface area contributed by atoms with E-state index < -0.39 is 10.1 Å². The van der Waals surface area contributed by atoms with Crippen LogP contribution >= 0.6 is 0 Å². The summed E-state index contributed by atoms with van der Waals surface area (Å²) >= 11 is 0. The topological polar surface area (TPSA) is 55.9 Å². The number of hydrogen-bond donors (Lipinski definition) is 0. The summed E-state index contributed by atoms with van der Waals surface area (Å²) in [4.78, 5) is 0.204. The molecule has 5 heteroatoms. The van der Waals surface area contributed by atoms with Crippen molar-refractivity contribution in [1.82, 2.24) is 0 Å². The molecule has 0 saturated carbocycles. The van der Waals surface area contributed by atoms with E-state index in [1.807, 2.05) is 6.92 Å². The highest BCUT2D eigenvalue weighted by Crippen LogP contribution is 2.29. The largest absolute Gasteiger partial charge is 0.367 e. The number of ether oxygens (including phenoxy) is 1. The van der Waals surface area contributed by atoms with Crippen LogP contribution in [0.15, 0.2) is 29.2 Å². The Morgan fingerprint density at radius 1 is 1.05 bits per heavy atom. The van der Waals surface area contributed by atoms with E-state index in [4.69, 9.17) is 8.92 Å². The Morgan fingerprint density at radius 2 is 1.73 bits per heavy atom. The Bertz CT molecular complexity index is 551. The zero-order chi connectivity index (χ0) is 16.0. The Labute approximate surface area is 134 Å². The first kappa shape index (κ1) is 17.4. The second kappa shape index (κ2) is 8.09. The van der Waals surface area contributed by atoms with E-state index in [1.54, 1.807) is 24.3 Å². The highest BCUT2D eigenvalue weighted by atomic mass is 32.2. The molecule has 0 spiro atoms. The van der Waals surface area contributed by atoms with Crippen molar-refractivity contribution in [2.45, 2.75) is 69.5 Å². The third-order valence-electron chi connectivity index (χ3n) is 3.98. The lowest BCUT2D eigenvalue weighted by Crippen LogP contribution is -2.12. The molecule has 0 bridgehead atoms. The van der Waals surface area contributed by atoms with Gasteiger partial charge in [0.05, 0.1) is 17.6 Å².